The number of fused-ring (bicyclic) bond motifs is 3. The number of thiophene rings is 1. The van der Waals surface area contributed by atoms with Crippen LogP contribution >= 0.6 is 10.5 Å². The Morgan fingerprint density at radius 1 is 0.379 bits per heavy atom. The van der Waals surface area contributed by atoms with Gasteiger partial charge in [0.2, 0.25) is 11.6 Å². The minimum Gasteiger partial charge on any atom is -0.744 e. The van der Waals surface area contributed by atoms with Crippen molar-refractivity contribution in [2.24, 2.45) is 22.2 Å². The molecular weight excluding hydrogens is 1960 g/mol. The number of phenolic OH excluding ortho intramolecular Hbond substituents is 2. The summed E-state index contributed by atoms with van der Waals surface area (Å²) in [5, 5.41) is 7.15. The zero-order chi connectivity index (χ0) is 100. The van der Waals surface area contributed by atoms with E-state index in [1.807, 2.05) is 140 Å². The third kappa shape index (κ3) is 40.4. The number of aromatic hydroxyl groups is 2. The van der Waals surface area contributed by atoms with Crippen LogP contribution in [0.5, 0.6) is 23.0 Å². The van der Waals surface area contributed by atoms with Gasteiger partial charge in [0.25, 0.3) is 0 Å². The van der Waals surface area contributed by atoms with Gasteiger partial charge in [-0.05, 0) is 222 Å². The Morgan fingerprint density at radius 3 is 1.06 bits per heavy atom. The molecule has 11 aromatic rings. The van der Waals surface area contributed by atoms with Gasteiger partial charge >= 0.3 is 44.5 Å². The highest BCUT2D eigenvalue weighted by Gasteiger charge is 2.81. The van der Waals surface area contributed by atoms with E-state index >= 15 is 0 Å². The van der Waals surface area contributed by atoms with Crippen molar-refractivity contribution < 1.29 is 126 Å². The van der Waals surface area contributed by atoms with E-state index in [0.717, 1.165) is 54.5 Å². The lowest BCUT2D eigenvalue weighted by molar-refractivity contribution is -0.247. The van der Waals surface area contributed by atoms with Crippen LogP contribution < -0.4 is 8.92 Å². The summed E-state index contributed by atoms with van der Waals surface area (Å²) in [7, 11) is -19.9. The summed E-state index contributed by atoms with van der Waals surface area (Å²) in [6.45, 7) is 33.8. The van der Waals surface area contributed by atoms with Crippen LogP contribution in [-0.2, 0) is 58.9 Å². The smallest absolute Gasteiger partial charge is 0.450 e. The molecule has 18 nitrogen and oxygen atoms in total. The molecular formula is C113H165F10O18S4-. The first-order chi connectivity index (χ1) is 62.0. The molecule has 145 heavy (non-hydrogen) atoms. The van der Waals surface area contributed by atoms with Crippen LogP contribution in [0.3, 0.4) is 0 Å². The molecule has 0 aliphatic heterocycles. The third-order valence-electron chi connectivity index (χ3n) is 22.3. The van der Waals surface area contributed by atoms with Gasteiger partial charge in [0.15, 0.2) is 41.8 Å². The fourth-order valence-electron chi connectivity index (χ4n) is 11.8. The van der Waals surface area contributed by atoms with E-state index in [9.17, 15) is 92.6 Å². The zero-order valence-corrected chi connectivity index (χ0v) is 80.7. The third-order valence-corrected chi connectivity index (χ3v) is 27.7. The van der Waals surface area contributed by atoms with Gasteiger partial charge in [0.1, 0.15) is 57.7 Å². The highest BCUT2D eigenvalue weighted by Crippen LogP contribution is 2.52. The van der Waals surface area contributed by atoms with Crippen molar-refractivity contribution in [2.75, 3.05) is 13.2 Å². The van der Waals surface area contributed by atoms with Crippen molar-refractivity contribution in [3.05, 3.63) is 288 Å². The van der Waals surface area contributed by atoms with Crippen LogP contribution in [0.2, 0.25) is 0 Å². The van der Waals surface area contributed by atoms with Gasteiger partial charge in [-0.15, -0.1) is 0 Å². The molecule has 0 radical (unpaired) electrons. The molecule has 0 bridgehead atoms. The molecule has 820 valence electrons. The van der Waals surface area contributed by atoms with Crippen molar-refractivity contribution in [3.8, 4) is 39.0 Å². The highest BCUT2D eigenvalue weighted by atomic mass is 32.2. The zero-order valence-electron chi connectivity index (χ0n) is 77.5. The Hall–Kier alpha value is -10.9. The van der Waals surface area contributed by atoms with Crippen molar-refractivity contribution in [3.63, 3.8) is 0 Å². The van der Waals surface area contributed by atoms with Crippen molar-refractivity contribution in [1.82, 2.24) is 0 Å². The van der Waals surface area contributed by atoms with Gasteiger partial charge in [-0.3, -0.25) is 14.4 Å². The van der Waals surface area contributed by atoms with Gasteiger partial charge < -0.3 is 42.4 Å². The summed E-state index contributed by atoms with van der Waals surface area (Å²) < 4.78 is 247. The van der Waals surface area contributed by atoms with E-state index in [1.54, 1.807) is 52.0 Å². The van der Waals surface area contributed by atoms with Crippen molar-refractivity contribution in [1.29, 1.82) is 0 Å². The van der Waals surface area contributed by atoms with E-state index in [0.29, 0.717) is 41.7 Å². The molecule has 1 heterocycles. The molecule has 0 saturated carbocycles. The summed E-state index contributed by atoms with van der Waals surface area (Å²) in [5.41, 5.74) is 5.98. The molecule has 5 unspecified atom stereocenters. The van der Waals surface area contributed by atoms with Gasteiger partial charge in [-0.25, -0.2) is 25.6 Å². The van der Waals surface area contributed by atoms with Crippen LogP contribution in [0.1, 0.15) is 310 Å². The number of hydrogen-bond donors (Lipinski definition) is 2. The average molecular weight is 2130 g/mol. The molecule has 2 N–H and O–H groups in total. The number of esters is 3. The van der Waals surface area contributed by atoms with Gasteiger partial charge in [0, 0.05) is 21.2 Å². The maximum absolute atomic E-state index is 13.6. The molecule has 0 amide bonds. The number of rotatable bonds is 30. The van der Waals surface area contributed by atoms with Crippen LogP contribution in [0, 0.1) is 45.4 Å². The number of phenols is 2. The normalized spacial score (nSPS) is 12.0. The minimum atomic E-state index is -7.33. The van der Waals surface area contributed by atoms with Gasteiger partial charge in [-0.1, -0.05) is 329 Å². The first-order valence-corrected chi connectivity index (χ1v) is 48.4. The molecule has 0 aliphatic carbocycles. The van der Waals surface area contributed by atoms with E-state index in [1.165, 1.54) is 53.9 Å². The first-order valence-electron chi connectivity index (χ1n) is 42.9. The molecule has 11 rings (SSSR count). The molecule has 5 atom stereocenters. The lowest BCUT2D eigenvalue weighted by atomic mass is 9.90. The monoisotopic (exact) mass is 2130 g/mol. The Morgan fingerprint density at radius 2 is 0.703 bits per heavy atom. The Kier molecular flexibility index (Phi) is 67.6. The predicted octanol–water partition coefficient (Wildman–Crippen LogP) is 34.7. The largest absolute Gasteiger partial charge is 0.744 e. The maximum Gasteiger partial charge on any atom is 0.450 e. The summed E-state index contributed by atoms with van der Waals surface area (Å²) in [6.07, 6.45) is 4.55. The van der Waals surface area contributed by atoms with Crippen LogP contribution in [0.25, 0.3) is 36.2 Å². The maximum atomic E-state index is 13.6. The number of carbonyl (C=O) groups is 3. The lowest BCUT2D eigenvalue weighted by Crippen LogP contribution is -2.61. The number of alkyl halides is 6. The van der Waals surface area contributed by atoms with Crippen molar-refractivity contribution in [2.45, 2.75) is 304 Å². The number of ether oxygens (including phenoxy) is 4. The number of benzene rings is 10. The Balaban J connectivity index is -0.000000252. The van der Waals surface area contributed by atoms with Gasteiger partial charge in [0.05, 0.1) is 16.2 Å². The average Bonchev–Trinajstić information content (AvgIpc) is 1.65. The lowest BCUT2D eigenvalue weighted by Gasteiger charge is -2.32. The van der Waals surface area contributed by atoms with E-state index in [-0.39, 0.29) is 136 Å². The second kappa shape index (κ2) is 65.6. The Labute approximate surface area is 865 Å². The van der Waals surface area contributed by atoms with Crippen molar-refractivity contribution >= 4 is 78.9 Å². The number of halogens is 10. The fraction of sp³-hybridized carbons (Fsp3) is 0.442. The van der Waals surface area contributed by atoms with Crippen LogP contribution in [-0.4, -0.2) is 92.1 Å². The molecule has 0 fully saturated rings. The number of hydrogen-bond acceptors (Lipinski definition) is 18. The van der Waals surface area contributed by atoms with E-state index in [4.69, 9.17) is 24.4 Å². The topological polar surface area (TPSA) is 286 Å². The second-order valence-electron chi connectivity index (χ2n) is 33.5. The summed E-state index contributed by atoms with van der Waals surface area (Å²) >= 11 is 0. The van der Waals surface area contributed by atoms with Gasteiger partial charge in [-0.2, -0.15) is 43.5 Å². The standard InChI is InChI=1S/C20H24O2.C18H13S.C16H24O2.C14H16F4O6S.C13H14F6O6S2.2C10H14O.12CH4/c1-5-20(3,4)19(21)22-15(2)16-11-13-18(14-12-16)17-9-7-6-8-10-17;1-2-8-14(9-3-1)19-17-12-6-4-10-15(17)16-11-5-7-13-18(16)19;1-6-16(4,5)15(17)18-14(12(2)3)13-10-8-7-9-11-13;1-4-14(2,3)13(19)24-6-5-23-11-7(15)9(17)12(25(20,21)22)10(18)8(11)16;1-3-8(2)9-4-6-10(7-5-9)25-27(23,24)13(18,19)11(14,15)12(16,17)26(20,21)22;2*1-3-8(2)9-4-6-10(11)7-5-9;;;;;;;;;;;;/h6-15H,5H2,1-4H3;1-13H;7-12,14H,6H2,1-5H3;4-6H2,1-3H3,(H,20,21,22);4-8H,3H2,1-2H3,(H,20,21,22);2*4-8,11H,3H2,1-2H3;12*1H4/q;+1;;;;;;;;;;;;;;;;;/p-2. The second-order valence-corrected chi connectivity index (χ2v) is 39.8. The fourth-order valence-corrected chi connectivity index (χ4v) is 16.2. The van der Waals surface area contributed by atoms with E-state index < -0.39 is 122 Å². The predicted molar refractivity (Wildman–Crippen MR) is 578 cm³/mol. The molecule has 32 heteroatoms. The Bertz CT molecular complexity index is 5780. The number of carbonyl (C=O) groups excluding carboxylic acids is 3. The first kappa shape index (κ1) is 149. The molecule has 0 aliphatic rings. The minimum absolute atomic E-state index is 0. The molecule has 1 aromatic heterocycles. The van der Waals surface area contributed by atoms with Crippen LogP contribution in [0.15, 0.2) is 241 Å². The SMILES string of the molecule is C.C.C.C.C.C.C.C.C.C.C.C.CCC(C)(C)C(=O)OC(C)c1ccc(-c2ccccc2)cc1.CCC(C)(C)C(=O)OC(c1ccccc1)C(C)C.CCC(C)(C)C(=O)OCCOc1c(F)c(F)c(S(=O)(=O)[O-])c(F)c1F.CCC(C)c1ccc(O)cc1.CCC(C)c1ccc(O)cc1.CCC(C)c1ccc(OS(=O)(=O)C(F)(F)C(F)(F)C(F)(F)S(=O)(=O)[O-])cc1.c1ccc(-[s+]2c3ccccc3c3ccccc32)cc1. The quantitative estimate of drug-likeness (QED) is 0.00618. The summed E-state index contributed by atoms with van der Waals surface area (Å²) in [5.74, 6) is -17.5. The molecule has 0 saturated heterocycles. The molecule has 0 spiro atoms. The highest BCUT2D eigenvalue weighted by molar-refractivity contribution is 7.89. The molecule has 10 aromatic carbocycles. The summed E-state index contributed by atoms with van der Waals surface area (Å²) in [4.78, 5) is 35.1. The summed E-state index contributed by atoms with van der Waals surface area (Å²) in [6, 6.07) is 75.7. The van der Waals surface area contributed by atoms with E-state index in [2.05, 4.69) is 154 Å². The van der Waals surface area contributed by atoms with Crippen LogP contribution in [0.4, 0.5) is 43.9 Å².